The molecule has 1 N–H and O–H groups in total. The molecule has 10 rings (SSSR count). The molecule has 11 heteroatoms. The van der Waals surface area contributed by atoms with Gasteiger partial charge in [-0.2, -0.15) is 0 Å². The lowest BCUT2D eigenvalue weighted by atomic mass is 9.77. The zero-order valence-corrected chi connectivity index (χ0v) is 33.3. The molecule has 0 amide bonds. The van der Waals surface area contributed by atoms with Crippen LogP contribution in [-0.2, 0) is 0 Å². The predicted octanol–water partition coefficient (Wildman–Crippen LogP) is 0.864. The number of nitrogens with zero attached hydrogens (tertiary/aromatic N) is 3. The first-order chi connectivity index (χ1) is 27.2. The van der Waals surface area contributed by atoms with Crippen LogP contribution >= 0.6 is 11.3 Å². The van der Waals surface area contributed by atoms with E-state index in [1.165, 1.54) is 85.9 Å². The van der Waals surface area contributed by atoms with Gasteiger partial charge in [0.15, 0.2) is 5.84 Å². The number of benzene rings is 7. The van der Waals surface area contributed by atoms with Gasteiger partial charge in [0.1, 0.15) is 59.1 Å². The zero-order chi connectivity index (χ0) is 38.2. The summed E-state index contributed by atoms with van der Waals surface area (Å²) >= 11 is 1.95. The van der Waals surface area contributed by atoms with Crippen molar-refractivity contribution < 1.29 is 0 Å². The van der Waals surface area contributed by atoms with Gasteiger partial charge >= 0.3 is 0 Å². The van der Waals surface area contributed by atoms with Crippen LogP contribution in [0.25, 0.3) is 58.8 Å². The minimum atomic E-state index is -0.304. The summed E-state index contributed by atoms with van der Waals surface area (Å²) in [5.74, 6) is 1.52. The van der Waals surface area contributed by atoms with E-state index in [9.17, 15) is 0 Å². The summed E-state index contributed by atoms with van der Waals surface area (Å²) in [6.07, 6.45) is -0.304. The molecule has 3 heterocycles. The van der Waals surface area contributed by atoms with Crippen LogP contribution in [0.2, 0.25) is 0 Å². The van der Waals surface area contributed by atoms with E-state index in [1.807, 2.05) is 17.4 Å². The molecule has 56 heavy (non-hydrogen) atoms. The molecular weight excluding hydrogens is 693 g/mol. The molecular formula is C45H36B6N4S. The van der Waals surface area contributed by atoms with E-state index in [1.54, 1.807) is 0 Å². The molecule has 1 unspecified atom stereocenters. The Balaban J connectivity index is 1.19. The average molecular weight is 730 g/mol. The van der Waals surface area contributed by atoms with Gasteiger partial charge in [0.25, 0.3) is 0 Å². The van der Waals surface area contributed by atoms with E-state index in [4.69, 9.17) is 9.98 Å². The van der Waals surface area contributed by atoms with Crippen LogP contribution in [0.5, 0.6) is 0 Å². The van der Waals surface area contributed by atoms with Gasteiger partial charge in [-0.3, -0.25) is 0 Å². The highest BCUT2D eigenvalue weighted by molar-refractivity contribution is 7.28. The second-order valence-electron chi connectivity index (χ2n) is 15.4. The van der Waals surface area contributed by atoms with E-state index < -0.39 is 0 Å². The average Bonchev–Trinajstić information content (AvgIpc) is 3.77. The first kappa shape index (κ1) is 34.6. The number of thiophene rings is 1. The lowest BCUT2D eigenvalue weighted by Gasteiger charge is -2.24. The molecule has 7 aromatic carbocycles. The summed E-state index contributed by atoms with van der Waals surface area (Å²) in [5.41, 5.74) is 16.9. The fourth-order valence-corrected chi connectivity index (χ4v) is 10.2. The second-order valence-corrected chi connectivity index (χ2v) is 16.4. The van der Waals surface area contributed by atoms with Crippen LogP contribution in [0, 0.1) is 0 Å². The first-order valence-corrected chi connectivity index (χ1v) is 20.2. The number of amidine groups is 2. The number of nitrogens with one attached hydrogen (secondary N) is 1. The minimum absolute atomic E-state index is 0.304. The number of hydrogen-bond donors (Lipinski definition) is 1. The smallest absolute Gasteiger partial charge is 0.159 e. The summed E-state index contributed by atoms with van der Waals surface area (Å²) in [7, 11) is 13.6. The quantitative estimate of drug-likeness (QED) is 0.263. The number of hydrogen-bond acceptors (Lipinski definition) is 4. The van der Waals surface area contributed by atoms with Crippen molar-refractivity contribution >= 4 is 145 Å². The zero-order valence-electron chi connectivity index (χ0n) is 32.5. The number of rotatable bonds is 5. The molecule has 1 atom stereocenters. The number of fused-ring (bicyclic) bond motifs is 7. The fraction of sp³-hybridized carbons (Fsp3) is 0.0222. The minimum Gasteiger partial charge on any atom is -0.344 e. The van der Waals surface area contributed by atoms with E-state index in [0.717, 1.165) is 28.2 Å². The molecule has 0 aliphatic carbocycles. The maximum atomic E-state index is 5.30. The largest absolute Gasteiger partial charge is 0.344 e. The van der Waals surface area contributed by atoms with E-state index in [0.29, 0.717) is 5.84 Å². The molecule has 4 nitrogen and oxygen atoms in total. The normalized spacial score (nSPS) is 14.3. The van der Waals surface area contributed by atoms with Crippen molar-refractivity contribution in [3.05, 3.63) is 150 Å². The number of aromatic nitrogens is 1. The summed E-state index contributed by atoms with van der Waals surface area (Å²) in [4.78, 5) is 10.5. The van der Waals surface area contributed by atoms with E-state index >= 15 is 0 Å². The van der Waals surface area contributed by atoms with Crippen molar-refractivity contribution in [1.82, 2.24) is 9.88 Å². The third-order valence-corrected chi connectivity index (χ3v) is 13.0. The Morgan fingerprint density at radius 1 is 0.536 bits per heavy atom. The van der Waals surface area contributed by atoms with Gasteiger partial charge in [-0.1, -0.05) is 154 Å². The van der Waals surface area contributed by atoms with Crippen molar-refractivity contribution in [2.24, 2.45) is 9.98 Å². The van der Waals surface area contributed by atoms with Crippen LogP contribution in [0.3, 0.4) is 0 Å². The van der Waals surface area contributed by atoms with Crippen molar-refractivity contribution in [1.29, 1.82) is 0 Å². The molecule has 0 fully saturated rings. The van der Waals surface area contributed by atoms with Gasteiger partial charge in [-0.25, -0.2) is 9.98 Å². The van der Waals surface area contributed by atoms with E-state index in [-0.39, 0.29) is 6.17 Å². The topological polar surface area (TPSA) is 41.7 Å². The highest BCUT2D eigenvalue weighted by Gasteiger charge is 2.25. The lowest BCUT2D eigenvalue weighted by Crippen LogP contribution is -2.33. The Morgan fingerprint density at radius 3 is 1.91 bits per heavy atom. The second kappa shape index (κ2) is 13.4. The third-order valence-electron chi connectivity index (χ3n) is 11.5. The Labute approximate surface area is 336 Å². The maximum absolute atomic E-state index is 5.30. The molecule has 0 bridgehead atoms. The molecule has 0 saturated carbocycles. The maximum Gasteiger partial charge on any atom is 0.159 e. The van der Waals surface area contributed by atoms with Crippen LogP contribution < -0.4 is 38.1 Å². The van der Waals surface area contributed by atoms with E-state index in [2.05, 4.69) is 184 Å². The van der Waals surface area contributed by atoms with Gasteiger partial charge in [-0.05, 0) is 34.2 Å². The van der Waals surface area contributed by atoms with Gasteiger partial charge in [0, 0.05) is 53.4 Å². The highest BCUT2D eigenvalue weighted by Crippen LogP contribution is 2.41. The highest BCUT2D eigenvalue weighted by atomic mass is 32.1. The SMILES string of the molecule is Bc1cc(B)c2sc3c(B)c(B)c4c(c5cc(B)cc(B)c5n4-c4cccc(C5=NC(c6ccc(-c7ccccc7)cc6)NC(c6ccccc6)=N5)c4)c3c2c1. The van der Waals surface area contributed by atoms with Gasteiger partial charge in [0.2, 0.25) is 0 Å². The molecule has 260 valence electrons. The lowest BCUT2D eigenvalue weighted by molar-refractivity contribution is 0.674. The van der Waals surface area contributed by atoms with Crippen LogP contribution in [0.1, 0.15) is 22.9 Å². The summed E-state index contributed by atoms with van der Waals surface area (Å²) in [6.45, 7) is 0. The fourth-order valence-electron chi connectivity index (χ4n) is 8.84. The first-order valence-electron chi connectivity index (χ1n) is 19.4. The molecule has 0 saturated heterocycles. The molecule has 2 aromatic heterocycles. The van der Waals surface area contributed by atoms with Crippen LogP contribution in [0.4, 0.5) is 0 Å². The summed E-state index contributed by atoms with van der Waals surface area (Å²) in [5, 5.41) is 9.04. The predicted molar refractivity (Wildman–Crippen MR) is 260 cm³/mol. The van der Waals surface area contributed by atoms with Crippen molar-refractivity contribution in [2.75, 3.05) is 0 Å². The molecule has 1 aliphatic rings. The van der Waals surface area contributed by atoms with Crippen LogP contribution in [-0.4, -0.2) is 63.3 Å². The monoisotopic (exact) mass is 730 g/mol. The Bertz CT molecular complexity index is 3120. The summed E-state index contributed by atoms with van der Waals surface area (Å²) in [6, 6.07) is 47.8. The molecule has 9 aromatic rings. The summed E-state index contributed by atoms with van der Waals surface area (Å²) < 4.78 is 5.29. The Morgan fingerprint density at radius 2 is 1.18 bits per heavy atom. The van der Waals surface area contributed by atoms with Gasteiger partial charge < -0.3 is 9.88 Å². The molecule has 0 spiro atoms. The van der Waals surface area contributed by atoms with Crippen molar-refractivity contribution in [3.8, 4) is 16.8 Å². The van der Waals surface area contributed by atoms with Crippen LogP contribution in [0.15, 0.2) is 143 Å². The van der Waals surface area contributed by atoms with Gasteiger partial charge in [0.05, 0.1) is 0 Å². The van der Waals surface area contributed by atoms with Crippen molar-refractivity contribution in [2.45, 2.75) is 6.17 Å². The number of aliphatic imine (C=N–C) groups is 2. The Hall–Kier alpha value is -5.91. The standard InChI is InChI=1S/C45H36B6N4S/c46-28-19-31-35-36-32-20-29(47)22-34(49)41(32)56-42(36)38(51)37(50)40(35)55(39(31)33(48)21-28)30-13-7-12-27(18-30)45-53-43(25-10-5-2-6-11-25)52-44(54-45)26-16-14-24(15-17-26)23-8-3-1-4-9-23/h1-22,44H,46-51H2,(H,52,53,54). The molecule has 1 aliphatic heterocycles. The molecule has 0 radical (unpaired) electrons. The Kier molecular flexibility index (Phi) is 8.26. The van der Waals surface area contributed by atoms with Gasteiger partial charge in [-0.15, -0.1) is 11.3 Å². The third kappa shape index (κ3) is 5.59. The van der Waals surface area contributed by atoms with Crippen molar-refractivity contribution in [3.63, 3.8) is 0 Å².